The number of nitrogens with zero attached hydrogens (tertiary/aromatic N) is 1. The number of carbonyl (C=O) groups excluding carboxylic acids is 1. The average Bonchev–Trinajstić information content (AvgIpc) is 2.42. The van der Waals surface area contributed by atoms with Gasteiger partial charge in [0.15, 0.2) is 0 Å². The van der Waals surface area contributed by atoms with Crippen molar-refractivity contribution >= 4 is 15.9 Å². The van der Waals surface area contributed by atoms with Crippen molar-refractivity contribution in [1.29, 1.82) is 0 Å². The van der Waals surface area contributed by atoms with Gasteiger partial charge in [-0.05, 0) is 17.5 Å². The molecular weight excluding hydrogens is 288 g/mol. The Morgan fingerprint density at radius 2 is 1.76 bits per heavy atom. The van der Waals surface area contributed by atoms with Gasteiger partial charge in [-0.3, -0.25) is 4.79 Å². The summed E-state index contributed by atoms with van der Waals surface area (Å²) >= 11 is 0. The maximum atomic E-state index is 12.4. The van der Waals surface area contributed by atoms with E-state index in [-0.39, 0.29) is 29.3 Å². The van der Waals surface area contributed by atoms with Crippen LogP contribution in [0.3, 0.4) is 0 Å². The molecule has 5 nitrogen and oxygen atoms in total. The lowest BCUT2D eigenvalue weighted by molar-refractivity contribution is -0.121. The van der Waals surface area contributed by atoms with Crippen LogP contribution in [-0.2, 0) is 14.8 Å². The van der Waals surface area contributed by atoms with E-state index < -0.39 is 10.0 Å². The topological polar surface area (TPSA) is 66.5 Å². The molecule has 1 rings (SSSR count). The summed E-state index contributed by atoms with van der Waals surface area (Å²) in [6.07, 6.45) is 0. The number of carbonyl (C=O) groups is 1. The molecule has 0 aromatic heterocycles. The van der Waals surface area contributed by atoms with E-state index in [1.165, 1.54) is 16.4 Å². The number of nitrogens with one attached hydrogen (secondary N) is 1. The van der Waals surface area contributed by atoms with Crippen molar-refractivity contribution in [1.82, 2.24) is 9.62 Å². The van der Waals surface area contributed by atoms with Crippen molar-refractivity contribution in [3.05, 3.63) is 30.3 Å². The Kier molecular flexibility index (Phi) is 5.92. The number of hydrogen-bond acceptors (Lipinski definition) is 3. The Morgan fingerprint density at radius 1 is 1.19 bits per heavy atom. The summed E-state index contributed by atoms with van der Waals surface area (Å²) in [5.74, 6) is -0.286. The summed E-state index contributed by atoms with van der Waals surface area (Å²) in [5, 5.41) is 2.77. The lowest BCUT2D eigenvalue weighted by Gasteiger charge is -2.22. The van der Waals surface area contributed by atoms with E-state index in [9.17, 15) is 13.2 Å². The maximum Gasteiger partial charge on any atom is 0.243 e. The van der Waals surface area contributed by atoms with Gasteiger partial charge < -0.3 is 5.32 Å². The highest BCUT2D eigenvalue weighted by Crippen LogP contribution is 2.15. The first kappa shape index (κ1) is 17.7. The minimum atomic E-state index is -3.63. The van der Waals surface area contributed by atoms with E-state index in [1.54, 1.807) is 25.1 Å². The third kappa shape index (κ3) is 5.47. The van der Waals surface area contributed by atoms with Crippen LogP contribution in [0.25, 0.3) is 0 Å². The van der Waals surface area contributed by atoms with E-state index in [2.05, 4.69) is 5.32 Å². The molecule has 1 aromatic carbocycles. The van der Waals surface area contributed by atoms with Gasteiger partial charge in [-0.2, -0.15) is 4.31 Å². The molecule has 21 heavy (non-hydrogen) atoms. The van der Waals surface area contributed by atoms with Gasteiger partial charge in [0, 0.05) is 13.1 Å². The minimum Gasteiger partial charge on any atom is -0.354 e. The highest BCUT2D eigenvalue weighted by molar-refractivity contribution is 7.89. The zero-order valence-electron chi connectivity index (χ0n) is 13.1. The standard InChI is InChI=1S/C15H24N2O3S/c1-5-17(11-14(18)16-12-15(2,3)4)21(19,20)13-9-7-6-8-10-13/h6-10H,5,11-12H2,1-4H3,(H,16,18). The van der Waals surface area contributed by atoms with E-state index in [0.717, 1.165) is 0 Å². The largest absolute Gasteiger partial charge is 0.354 e. The highest BCUT2D eigenvalue weighted by atomic mass is 32.2. The quantitative estimate of drug-likeness (QED) is 0.872. The fraction of sp³-hybridized carbons (Fsp3) is 0.533. The summed E-state index contributed by atoms with van der Waals surface area (Å²) in [5.41, 5.74) is -0.0367. The molecule has 118 valence electrons. The Morgan fingerprint density at radius 3 is 2.24 bits per heavy atom. The van der Waals surface area contributed by atoms with Crippen LogP contribution >= 0.6 is 0 Å². The Bertz CT molecular complexity index is 562. The van der Waals surface area contributed by atoms with Crippen molar-refractivity contribution < 1.29 is 13.2 Å². The first-order valence-corrected chi connectivity index (χ1v) is 8.43. The Balaban J connectivity index is 2.77. The summed E-state index contributed by atoms with van der Waals surface area (Å²) < 4.78 is 26.1. The van der Waals surface area contributed by atoms with E-state index in [4.69, 9.17) is 0 Å². The second kappa shape index (κ2) is 7.04. The average molecular weight is 312 g/mol. The van der Waals surface area contributed by atoms with Crippen molar-refractivity contribution in [2.24, 2.45) is 5.41 Å². The molecule has 0 radical (unpaired) electrons. The predicted molar refractivity (Wildman–Crippen MR) is 83.3 cm³/mol. The molecule has 0 saturated carbocycles. The molecule has 1 amide bonds. The monoisotopic (exact) mass is 312 g/mol. The normalized spacial score (nSPS) is 12.4. The second-order valence-electron chi connectivity index (χ2n) is 6.08. The number of rotatable bonds is 6. The number of benzene rings is 1. The number of sulfonamides is 1. The summed E-state index contributed by atoms with van der Waals surface area (Å²) in [6.45, 7) is 8.33. The Labute approximate surface area is 127 Å². The number of amides is 1. The van der Waals surface area contributed by atoms with Crippen LogP contribution in [0.2, 0.25) is 0 Å². The van der Waals surface area contributed by atoms with Crippen LogP contribution in [0.1, 0.15) is 27.7 Å². The van der Waals surface area contributed by atoms with Crippen LogP contribution in [0, 0.1) is 5.41 Å². The molecular formula is C15H24N2O3S. The number of hydrogen-bond donors (Lipinski definition) is 1. The van der Waals surface area contributed by atoms with Gasteiger partial charge >= 0.3 is 0 Å². The molecule has 0 aliphatic carbocycles. The molecule has 0 atom stereocenters. The van der Waals surface area contributed by atoms with Gasteiger partial charge in [-0.1, -0.05) is 45.9 Å². The fourth-order valence-electron chi connectivity index (χ4n) is 1.69. The maximum absolute atomic E-state index is 12.4. The Hall–Kier alpha value is -1.40. The van der Waals surface area contributed by atoms with Gasteiger partial charge in [0.2, 0.25) is 15.9 Å². The van der Waals surface area contributed by atoms with Crippen molar-refractivity contribution in [3.8, 4) is 0 Å². The molecule has 0 fully saturated rings. The summed E-state index contributed by atoms with van der Waals surface area (Å²) in [4.78, 5) is 12.1. The fourth-order valence-corrected chi connectivity index (χ4v) is 3.11. The molecule has 0 spiro atoms. The SMILES string of the molecule is CCN(CC(=O)NCC(C)(C)C)S(=O)(=O)c1ccccc1. The highest BCUT2D eigenvalue weighted by Gasteiger charge is 2.25. The third-order valence-corrected chi connectivity index (χ3v) is 4.80. The second-order valence-corrected chi connectivity index (χ2v) is 8.02. The molecule has 1 N–H and O–H groups in total. The molecule has 0 saturated heterocycles. The lowest BCUT2D eigenvalue weighted by atomic mass is 9.97. The lowest BCUT2D eigenvalue weighted by Crippen LogP contribution is -2.42. The van der Waals surface area contributed by atoms with E-state index in [1.807, 2.05) is 20.8 Å². The van der Waals surface area contributed by atoms with Gasteiger partial charge in [-0.25, -0.2) is 8.42 Å². The molecule has 0 bridgehead atoms. The van der Waals surface area contributed by atoms with Crippen molar-refractivity contribution in [2.45, 2.75) is 32.6 Å². The van der Waals surface area contributed by atoms with Crippen molar-refractivity contribution in [2.75, 3.05) is 19.6 Å². The number of likely N-dealkylation sites (N-methyl/N-ethyl adjacent to an activating group) is 1. The predicted octanol–water partition coefficient (Wildman–Crippen LogP) is 1.86. The van der Waals surface area contributed by atoms with Crippen LogP contribution in [0.15, 0.2) is 35.2 Å². The van der Waals surface area contributed by atoms with E-state index >= 15 is 0 Å². The van der Waals surface area contributed by atoms with Crippen LogP contribution in [-0.4, -0.2) is 38.3 Å². The zero-order valence-corrected chi connectivity index (χ0v) is 13.9. The van der Waals surface area contributed by atoms with Gasteiger partial charge in [0.25, 0.3) is 0 Å². The van der Waals surface area contributed by atoms with Gasteiger partial charge in [0.1, 0.15) is 0 Å². The minimum absolute atomic E-state index is 0.0367. The van der Waals surface area contributed by atoms with Crippen LogP contribution < -0.4 is 5.32 Å². The summed E-state index contributed by atoms with van der Waals surface area (Å²) in [7, 11) is -3.63. The van der Waals surface area contributed by atoms with E-state index in [0.29, 0.717) is 6.54 Å². The van der Waals surface area contributed by atoms with Gasteiger partial charge in [0.05, 0.1) is 11.4 Å². The molecule has 0 aliphatic rings. The summed E-state index contributed by atoms with van der Waals surface area (Å²) in [6, 6.07) is 8.16. The smallest absolute Gasteiger partial charge is 0.243 e. The first-order valence-electron chi connectivity index (χ1n) is 6.99. The van der Waals surface area contributed by atoms with Crippen molar-refractivity contribution in [3.63, 3.8) is 0 Å². The molecule has 6 heteroatoms. The van der Waals surface area contributed by atoms with Crippen LogP contribution in [0.4, 0.5) is 0 Å². The zero-order chi connectivity index (χ0) is 16.1. The molecule has 1 aromatic rings. The van der Waals surface area contributed by atoms with Gasteiger partial charge in [-0.15, -0.1) is 0 Å². The molecule has 0 unspecified atom stereocenters. The van der Waals surface area contributed by atoms with Crippen LogP contribution in [0.5, 0.6) is 0 Å². The molecule has 0 aliphatic heterocycles. The first-order chi connectivity index (χ1) is 9.66. The molecule has 0 heterocycles. The third-order valence-electron chi connectivity index (χ3n) is 2.87.